The number of carbonyl (C=O) groups excluding carboxylic acids is 1. The fourth-order valence-electron chi connectivity index (χ4n) is 2.13. The van der Waals surface area contributed by atoms with Gasteiger partial charge in [0.1, 0.15) is 4.87 Å². The van der Waals surface area contributed by atoms with Crippen molar-refractivity contribution in [2.24, 2.45) is 5.92 Å². The second-order valence-corrected chi connectivity index (χ2v) is 5.27. The first kappa shape index (κ1) is 8.57. The van der Waals surface area contributed by atoms with E-state index in [9.17, 15) is 4.79 Å². The molecule has 2 aliphatic rings. The third-order valence-electron chi connectivity index (χ3n) is 2.81. The standard InChI is InChI=1S/C9H15NOS/c1-7-2-3-8(11)9(6-7)10-4-5-12-9/h7,10H,2-6H2,1H3. The molecule has 1 heterocycles. The van der Waals surface area contributed by atoms with Gasteiger partial charge in [0.2, 0.25) is 0 Å². The topological polar surface area (TPSA) is 29.1 Å². The van der Waals surface area contributed by atoms with Crippen LogP contribution in [0.1, 0.15) is 26.2 Å². The number of carbonyl (C=O) groups is 1. The van der Waals surface area contributed by atoms with E-state index in [0.717, 1.165) is 31.6 Å². The van der Waals surface area contributed by atoms with Crippen molar-refractivity contribution in [3.05, 3.63) is 0 Å². The van der Waals surface area contributed by atoms with Gasteiger partial charge in [0, 0.05) is 18.7 Å². The van der Waals surface area contributed by atoms with Gasteiger partial charge in [-0.2, -0.15) is 0 Å². The Morgan fingerprint density at radius 1 is 1.67 bits per heavy atom. The van der Waals surface area contributed by atoms with Gasteiger partial charge in [0.25, 0.3) is 0 Å². The van der Waals surface area contributed by atoms with E-state index in [-0.39, 0.29) is 4.87 Å². The molecule has 1 aliphatic carbocycles. The summed E-state index contributed by atoms with van der Waals surface area (Å²) in [5.41, 5.74) is 0. The van der Waals surface area contributed by atoms with Gasteiger partial charge in [-0.1, -0.05) is 6.92 Å². The zero-order valence-electron chi connectivity index (χ0n) is 7.43. The van der Waals surface area contributed by atoms with Crippen molar-refractivity contribution < 1.29 is 4.79 Å². The van der Waals surface area contributed by atoms with Gasteiger partial charge >= 0.3 is 0 Å². The Kier molecular flexibility index (Phi) is 2.17. The molecular weight excluding hydrogens is 170 g/mol. The van der Waals surface area contributed by atoms with Crippen molar-refractivity contribution in [3.63, 3.8) is 0 Å². The Balaban J connectivity index is 2.14. The number of Topliss-reactive ketones (excluding diaryl/α,β-unsaturated/α-hetero) is 1. The summed E-state index contributed by atoms with van der Waals surface area (Å²) >= 11 is 1.82. The summed E-state index contributed by atoms with van der Waals surface area (Å²) in [4.78, 5) is 11.5. The molecule has 0 aromatic carbocycles. The molecule has 0 bridgehead atoms. The molecule has 3 heteroatoms. The maximum absolute atomic E-state index is 11.7. The fourth-order valence-corrected chi connectivity index (χ4v) is 3.55. The lowest BCUT2D eigenvalue weighted by Gasteiger charge is -2.34. The predicted octanol–water partition coefficient (Wildman–Crippen LogP) is 1.41. The Morgan fingerprint density at radius 3 is 3.17 bits per heavy atom. The van der Waals surface area contributed by atoms with Crippen LogP contribution in [0.3, 0.4) is 0 Å². The second kappa shape index (κ2) is 3.04. The fraction of sp³-hybridized carbons (Fsp3) is 0.889. The minimum absolute atomic E-state index is 0.169. The van der Waals surface area contributed by atoms with E-state index < -0.39 is 0 Å². The summed E-state index contributed by atoms with van der Waals surface area (Å²) in [5, 5.41) is 3.37. The van der Waals surface area contributed by atoms with Gasteiger partial charge in [0.15, 0.2) is 5.78 Å². The van der Waals surface area contributed by atoms with Crippen LogP contribution >= 0.6 is 11.8 Å². The first-order valence-electron chi connectivity index (χ1n) is 4.65. The van der Waals surface area contributed by atoms with Gasteiger partial charge in [0.05, 0.1) is 0 Å². The molecule has 1 saturated carbocycles. The van der Waals surface area contributed by atoms with Crippen molar-refractivity contribution in [1.82, 2.24) is 5.32 Å². The Bertz CT molecular complexity index is 199. The number of hydrogen-bond donors (Lipinski definition) is 1. The minimum Gasteiger partial charge on any atom is -0.297 e. The molecule has 2 rings (SSSR count). The summed E-state index contributed by atoms with van der Waals surface area (Å²) in [6, 6.07) is 0. The molecule has 12 heavy (non-hydrogen) atoms. The Hall–Kier alpha value is -0.0200. The van der Waals surface area contributed by atoms with E-state index in [1.54, 1.807) is 0 Å². The molecule has 2 unspecified atom stereocenters. The van der Waals surface area contributed by atoms with Crippen molar-refractivity contribution in [2.45, 2.75) is 31.1 Å². The Morgan fingerprint density at radius 2 is 2.50 bits per heavy atom. The highest BCUT2D eigenvalue weighted by Crippen LogP contribution is 2.40. The van der Waals surface area contributed by atoms with Gasteiger partial charge in [-0.05, 0) is 18.8 Å². The molecule has 0 aromatic heterocycles. The summed E-state index contributed by atoms with van der Waals surface area (Å²) in [6.07, 6.45) is 2.90. The quantitative estimate of drug-likeness (QED) is 0.618. The van der Waals surface area contributed by atoms with E-state index in [1.807, 2.05) is 11.8 Å². The SMILES string of the molecule is CC1CCC(=O)C2(C1)NCCS2. The maximum Gasteiger partial charge on any atom is 0.163 e. The molecular formula is C9H15NOS. The molecule has 0 amide bonds. The van der Waals surface area contributed by atoms with Crippen LogP contribution in [0.15, 0.2) is 0 Å². The van der Waals surface area contributed by atoms with E-state index >= 15 is 0 Å². The van der Waals surface area contributed by atoms with Crippen LogP contribution in [0.5, 0.6) is 0 Å². The molecule has 2 atom stereocenters. The summed E-state index contributed by atoms with van der Waals surface area (Å²) in [5.74, 6) is 2.24. The monoisotopic (exact) mass is 185 g/mol. The van der Waals surface area contributed by atoms with Gasteiger partial charge in [-0.15, -0.1) is 11.8 Å². The summed E-state index contributed by atoms with van der Waals surface area (Å²) in [6.45, 7) is 3.25. The molecule has 1 saturated heterocycles. The lowest BCUT2D eigenvalue weighted by molar-refractivity contribution is -0.124. The molecule has 1 N–H and O–H groups in total. The average Bonchev–Trinajstić information content (AvgIpc) is 2.48. The molecule has 68 valence electrons. The van der Waals surface area contributed by atoms with Crippen molar-refractivity contribution in [1.29, 1.82) is 0 Å². The molecule has 1 aliphatic heterocycles. The zero-order chi connectivity index (χ0) is 8.60. The van der Waals surface area contributed by atoms with E-state index in [2.05, 4.69) is 12.2 Å². The lowest BCUT2D eigenvalue weighted by Crippen LogP contribution is -2.48. The number of rotatable bonds is 0. The first-order chi connectivity index (χ1) is 5.73. The molecule has 0 radical (unpaired) electrons. The van der Waals surface area contributed by atoms with Gasteiger partial charge in [-0.25, -0.2) is 0 Å². The van der Waals surface area contributed by atoms with Crippen LogP contribution in [-0.2, 0) is 4.79 Å². The molecule has 1 spiro atoms. The van der Waals surface area contributed by atoms with Crippen molar-refractivity contribution in [3.8, 4) is 0 Å². The van der Waals surface area contributed by atoms with Gasteiger partial charge < -0.3 is 0 Å². The van der Waals surface area contributed by atoms with E-state index in [4.69, 9.17) is 0 Å². The van der Waals surface area contributed by atoms with E-state index in [1.165, 1.54) is 0 Å². The third-order valence-corrected chi connectivity index (χ3v) is 4.25. The van der Waals surface area contributed by atoms with Crippen LogP contribution in [0, 0.1) is 5.92 Å². The highest BCUT2D eigenvalue weighted by atomic mass is 32.2. The highest BCUT2D eigenvalue weighted by Gasteiger charge is 2.44. The molecule has 2 fully saturated rings. The van der Waals surface area contributed by atoms with Crippen LogP contribution in [0.2, 0.25) is 0 Å². The maximum atomic E-state index is 11.7. The zero-order valence-corrected chi connectivity index (χ0v) is 8.25. The van der Waals surface area contributed by atoms with Crippen LogP contribution in [0.25, 0.3) is 0 Å². The van der Waals surface area contributed by atoms with Crippen LogP contribution < -0.4 is 5.32 Å². The van der Waals surface area contributed by atoms with Gasteiger partial charge in [-0.3, -0.25) is 10.1 Å². The number of nitrogens with one attached hydrogen (secondary N) is 1. The summed E-state index contributed by atoms with van der Waals surface area (Å²) < 4.78 is 0. The normalized spacial score (nSPS) is 42.4. The van der Waals surface area contributed by atoms with Crippen LogP contribution in [0.4, 0.5) is 0 Å². The number of thioether (sulfide) groups is 1. The van der Waals surface area contributed by atoms with Crippen LogP contribution in [-0.4, -0.2) is 23.0 Å². The Labute approximate surface area is 77.5 Å². The largest absolute Gasteiger partial charge is 0.297 e. The lowest BCUT2D eigenvalue weighted by atomic mass is 9.85. The first-order valence-corrected chi connectivity index (χ1v) is 5.64. The highest BCUT2D eigenvalue weighted by molar-refractivity contribution is 8.01. The van der Waals surface area contributed by atoms with Crippen molar-refractivity contribution in [2.75, 3.05) is 12.3 Å². The smallest absolute Gasteiger partial charge is 0.163 e. The van der Waals surface area contributed by atoms with E-state index in [0.29, 0.717) is 11.7 Å². The molecule has 2 nitrogen and oxygen atoms in total. The summed E-state index contributed by atoms with van der Waals surface area (Å²) in [7, 11) is 0. The predicted molar refractivity (Wildman–Crippen MR) is 51.2 cm³/mol. The van der Waals surface area contributed by atoms with Crippen molar-refractivity contribution >= 4 is 17.5 Å². The average molecular weight is 185 g/mol. The number of hydrogen-bond acceptors (Lipinski definition) is 3. The second-order valence-electron chi connectivity index (χ2n) is 3.87. The molecule has 0 aromatic rings. The number of ketones is 1. The third kappa shape index (κ3) is 1.29. The minimum atomic E-state index is -0.169.